The zero-order valence-electron chi connectivity index (χ0n) is 18.2. The highest BCUT2D eigenvalue weighted by Gasteiger charge is 2.40. The van der Waals surface area contributed by atoms with Crippen LogP contribution in [-0.2, 0) is 14.3 Å². The van der Waals surface area contributed by atoms with Gasteiger partial charge in [-0.3, -0.25) is 4.79 Å². The van der Waals surface area contributed by atoms with Crippen LogP contribution in [0.3, 0.4) is 0 Å². The van der Waals surface area contributed by atoms with Crippen LogP contribution in [0.15, 0.2) is 52.7 Å². The average Bonchev–Trinajstić information content (AvgIpc) is 3.05. The van der Waals surface area contributed by atoms with Crippen molar-refractivity contribution in [1.29, 1.82) is 0 Å². The maximum absolute atomic E-state index is 13.3. The molecule has 1 N–H and O–H groups in total. The fraction of sp³-hybridized carbons (Fsp3) is 0.400. The SMILES string of the molecule is COc1ccc(/C=C2\OC3C=CC=CC3=[N+](CC(=O)NC3CCCCCC3)C2=O)cc1Br. The summed E-state index contributed by atoms with van der Waals surface area (Å²) in [6.07, 6.45) is 15.5. The minimum Gasteiger partial charge on any atom is -0.496 e. The van der Waals surface area contributed by atoms with Crippen molar-refractivity contribution in [3.63, 3.8) is 0 Å². The van der Waals surface area contributed by atoms with Gasteiger partial charge in [0.05, 0.1) is 11.6 Å². The number of benzene rings is 1. The fourth-order valence-electron chi connectivity index (χ4n) is 4.32. The predicted molar refractivity (Wildman–Crippen MR) is 127 cm³/mol. The lowest BCUT2D eigenvalue weighted by molar-refractivity contribution is -0.443. The second kappa shape index (κ2) is 10.3. The van der Waals surface area contributed by atoms with E-state index in [1.165, 1.54) is 17.4 Å². The summed E-state index contributed by atoms with van der Waals surface area (Å²) in [5, 5.41) is 3.14. The molecule has 2 amide bonds. The van der Waals surface area contributed by atoms with Gasteiger partial charge in [-0.15, -0.1) is 4.58 Å². The van der Waals surface area contributed by atoms with Crippen LogP contribution in [0, 0.1) is 0 Å². The van der Waals surface area contributed by atoms with Gasteiger partial charge in [0.25, 0.3) is 5.91 Å². The van der Waals surface area contributed by atoms with Gasteiger partial charge in [-0.2, -0.15) is 0 Å². The normalized spacial score (nSPS) is 22.4. The van der Waals surface area contributed by atoms with Crippen LogP contribution < -0.4 is 10.1 Å². The predicted octanol–water partition coefficient (Wildman–Crippen LogP) is 4.14. The van der Waals surface area contributed by atoms with Crippen molar-refractivity contribution >= 4 is 39.5 Å². The van der Waals surface area contributed by atoms with E-state index in [2.05, 4.69) is 21.2 Å². The van der Waals surface area contributed by atoms with Gasteiger partial charge in [-0.05, 0) is 58.6 Å². The summed E-state index contributed by atoms with van der Waals surface area (Å²) in [6, 6.07) is 5.73. The largest absolute Gasteiger partial charge is 0.496 e. The first kappa shape index (κ1) is 22.5. The van der Waals surface area contributed by atoms with Crippen LogP contribution in [-0.4, -0.2) is 47.9 Å². The summed E-state index contributed by atoms with van der Waals surface area (Å²) in [4.78, 5) is 26.2. The second-order valence-corrected chi connectivity index (χ2v) is 9.11. The Morgan fingerprint density at radius 3 is 2.75 bits per heavy atom. The standard InChI is InChI=1S/C25H27BrN2O4/c1-31-21-13-12-17(14-19(21)26)15-23-25(30)28(20-10-6-7-11-22(20)32-23)16-24(29)27-18-8-4-2-3-5-9-18/h6-7,10-15,18,22H,2-5,8-9,16H2,1H3/p+1/b23-15-. The van der Waals surface area contributed by atoms with Crippen molar-refractivity contribution < 1.29 is 23.6 Å². The lowest BCUT2D eigenvalue weighted by Gasteiger charge is -2.23. The molecule has 0 saturated heterocycles. The number of carbonyl (C=O) groups is 2. The van der Waals surface area contributed by atoms with Crippen molar-refractivity contribution in [3.05, 3.63) is 58.3 Å². The first-order valence-electron chi connectivity index (χ1n) is 11.1. The number of carbonyl (C=O) groups excluding carboxylic acids is 2. The number of methoxy groups -OCH3 is 1. The molecule has 1 aromatic carbocycles. The Balaban J connectivity index is 1.57. The second-order valence-electron chi connectivity index (χ2n) is 8.26. The molecule has 0 bridgehead atoms. The van der Waals surface area contributed by atoms with Gasteiger partial charge >= 0.3 is 5.91 Å². The van der Waals surface area contributed by atoms with Crippen LogP contribution in [0.5, 0.6) is 5.75 Å². The van der Waals surface area contributed by atoms with E-state index in [9.17, 15) is 9.59 Å². The van der Waals surface area contributed by atoms with Gasteiger partial charge in [0.15, 0.2) is 0 Å². The third kappa shape index (κ3) is 5.21. The summed E-state index contributed by atoms with van der Waals surface area (Å²) >= 11 is 3.47. The highest BCUT2D eigenvalue weighted by atomic mass is 79.9. The first-order chi connectivity index (χ1) is 15.5. The summed E-state index contributed by atoms with van der Waals surface area (Å²) in [6.45, 7) is -0.0215. The molecular formula is C25H28BrN2O4+. The molecule has 168 valence electrons. The van der Waals surface area contributed by atoms with E-state index in [0.29, 0.717) is 11.5 Å². The summed E-state index contributed by atoms with van der Waals surface area (Å²) < 4.78 is 13.6. The summed E-state index contributed by atoms with van der Waals surface area (Å²) in [7, 11) is 1.60. The smallest absolute Gasteiger partial charge is 0.455 e. The average molecular weight is 500 g/mol. The van der Waals surface area contributed by atoms with Crippen LogP contribution in [0.25, 0.3) is 6.08 Å². The highest BCUT2D eigenvalue weighted by Crippen LogP contribution is 2.28. The number of halogens is 1. The molecular weight excluding hydrogens is 472 g/mol. The third-order valence-corrected chi connectivity index (χ3v) is 6.59. The van der Waals surface area contributed by atoms with Crippen molar-refractivity contribution in [2.75, 3.05) is 13.7 Å². The van der Waals surface area contributed by atoms with Crippen LogP contribution in [0.2, 0.25) is 0 Å². The Kier molecular flexibility index (Phi) is 7.25. The molecule has 32 heavy (non-hydrogen) atoms. The molecule has 0 radical (unpaired) electrons. The molecule has 0 spiro atoms. The number of allylic oxidation sites excluding steroid dienone is 2. The molecule has 6 nitrogen and oxygen atoms in total. The Morgan fingerprint density at radius 1 is 1.25 bits per heavy atom. The maximum atomic E-state index is 13.3. The van der Waals surface area contributed by atoms with Crippen molar-refractivity contribution in [2.24, 2.45) is 0 Å². The van der Waals surface area contributed by atoms with E-state index in [1.807, 2.05) is 42.5 Å². The number of ether oxygens (including phenoxy) is 2. The van der Waals surface area contributed by atoms with Gasteiger partial charge in [-0.25, -0.2) is 4.79 Å². The van der Waals surface area contributed by atoms with Crippen LogP contribution in [0.1, 0.15) is 44.1 Å². The minimum absolute atomic E-state index is 0.0215. The van der Waals surface area contributed by atoms with Gasteiger partial charge in [0.2, 0.25) is 24.1 Å². The lowest BCUT2D eigenvalue weighted by atomic mass is 10.1. The number of fused-ring (bicyclic) bond motifs is 1. The molecule has 1 fully saturated rings. The molecule has 0 aromatic heterocycles. The quantitative estimate of drug-likeness (QED) is 0.375. The van der Waals surface area contributed by atoms with Gasteiger partial charge < -0.3 is 14.8 Å². The monoisotopic (exact) mass is 499 g/mol. The molecule has 4 rings (SSSR count). The Bertz CT molecular complexity index is 1020. The third-order valence-electron chi connectivity index (χ3n) is 5.97. The fourth-order valence-corrected chi connectivity index (χ4v) is 4.87. The highest BCUT2D eigenvalue weighted by molar-refractivity contribution is 9.10. The molecule has 1 atom stereocenters. The number of hydrogen-bond donors (Lipinski definition) is 1. The van der Waals surface area contributed by atoms with E-state index in [0.717, 1.165) is 35.7 Å². The molecule has 1 unspecified atom stereocenters. The van der Waals surface area contributed by atoms with E-state index in [1.54, 1.807) is 13.2 Å². The number of hydrogen-bond acceptors (Lipinski definition) is 4. The van der Waals surface area contributed by atoms with Crippen molar-refractivity contribution in [3.8, 4) is 5.75 Å². The molecule has 2 aliphatic carbocycles. The van der Waals surface area contributed by atoms with Crippen molar-refractivity contribution in [1.82, 2.24) is 5.32 Å². The van der Waals surface area contributed by atoms with Gasteiger partial charge in [-0.1, -0.05) is 43.9 Å². The Hall–Kier alpha value is -2.67. The molecule has 1 saturated carbocycles. The minimum atomic E-state index is -0.406. The van der Waals surface area contributed by atoms with Gasteiger partial charge in [0.1, 0.15) is 5.75 Å². The lowest BCUT2D eigenvalue weighted by Crippen LogP contribution is -2.47. The molecule has 1 aromatic rings. The zero-order chi connectivity index (χ0) is 22.5. The number of nitrogens with one attached hydrogen (secondary N) is 1. The molecule has 1 aliphatic heterocycles. The summed E-state index contributed by atoms with van der Waals surface area (Å²) in [5.41, 5.74) is 1.48. The van der Waals surface area contributed by atoms with Crippen LogP contribution >= 0.6 is 15.9 Å². The van der Waals surface area contributed by atoms with Crippen LogP contribution in [0.4, 0.5) is 0 Å². The van der Waals surface area contributed by atoms with E-state index >= 15 is 0 Å². The van der Waals surface area contributed by atoms with E-state index in [4.69, 9.17) is 9.47 Å². The topological polar surface area (TPSA) is 67.6 Å². The summed E-state index contributed by atoms with van der Waals surface area (Å²) in [5.74, 6) is 0.459. The Morgan fingerprint density at radius 2 is 2.03 bits per heavy atom. The van der Waals surface area contributed by atoms with Gasteiger partial charge in [0, 0.05) is 12.1 Å². The number of amides is 2. The Labute approximate surface area is 196 Å². The number of rotatable bonds is 5. The van der Waals surface area contributed by atoms with Crippen molar-refractivity contribution in [2.45, 2.75) is 50.7 Å². The number of nitrogens with zero attached hydrogens (tertiary/aromatic N) is 1. The van der Waals surface area contributed by atoms with E-state index < -0.39 is 6.10 Å². The molecule has 7 heteroatoms. The zero-order valence-corrected chi connectivity index (χ0v) is 19.8. The molecule has 3 aliphatic rings. The molecule has 1 heterocycles. The van der Waals surface area contributed by atoms with E-state index in [-0.39, 0.29) is 30.2 Å². The first-order valence-corrected chi connectivity index (χ1v) is 11.9. The maximum Gasteiger partial charge on any atom is 0.455 e.